The van der Waals surface area contributed by atoms with E-state index < -0.39 is 12.4 Å². The van der Waals surface area contributed by atoms with Crippen molar-refractivity contribution < 1.29 is 32.2 Å². The minimum absolute atomic E-state index is 0.0908. The first-order valence-electron chi connectivity index (χ1n) is 11.0. The van der Waals surface area contributed by atoms with Crippen molar-refractivity contribution in [3.63, 3.8) is 0 Å². The standard InChI is InChI=1S/C17H25NO3.C8H7F3O/c1-13-10-15(11-20-12-16(18)17(19)21-13)9-5-8-14-6-3-2-4-7-14;1-6-2-4-7(5-3-6)12-8(9,10)11/h2-4,6-7,13,15-16H,5,8-12,18H2,1H3;2-5H,1H3/t13?,15?,16-;/m0./s1. The molecule has 0 aromatic heterocycles. The number of hydrogen-bond donors (Lipinski definition) is 1. The molecule has 5 nitrogen and oxygen atoms in total. The Morgan fingerprint density at radius 1 is 1.06 bits per heavy atom. The number of rotatable bonds is 5. The molecule has 3 atom stereocenters. The maximum absolute atomic E-state index is 11.6. The molecule has 1 saturated heterocycles. The summed E-state index contributed by atoms with van der Waals surface area (Å²) in [6.45, 7) is 4.63. The van der Waals surface area contributed by atoms with E-state index in [1.807, 2.05) is 13.0 Å². The molecular weight excluding hydrogens is 435 g/mol. The summed E-state index contributed by atoms with van der Waals surface area (Å²) in [6.07, 6.45) is -0.586. The molecule has 2 N–H and O–H groups in total. The maximum Gasteiger partial charge on any atom is 0.573 e. The first kappa shape index (κ1) is 26.7. The van der Waals surface area contributed by atoms with Gasteiger partial charge in [0, 0.05) is 6.61 Å². The van der Waals surface area contributed by atoms with Crippen molar-refractivity contribution in [3.8, 4) is 5.75 Å². The number of ether oxygens (including phenoxy) is 3. The van der Waals surface area contributed by atoms with E-state index >= 15 is 0 Å². The van der Waals surface area contributed by atoms with E-state index in [1.54, 1.807) is 19.1 Å². The molecule has 2 aromatic carbocycles. The van der Waals surface area contributed by atoms with Crippen molar-refractivity contribution in [1.29, 1.82) is 0 Å². The lowest BCUT2D eigenvalue weighted by Crippen LogP contribution is -2.37. The first-order valence-corrected chi connectivity index (χ1v) is 11.0. The average Bonchev–Trinajstić information content (AvgIpc) is 2.80. The lowest BCUT2D eigenvalue weighted by molar-refractivity contribution is -0.274. The van der Waals surface area contributed by atoms with Crippen LogP contribution in [-0.4, -0.2) is 37.7 Å². The fourth-order valence-corrected chi connectivity index (χ4v) is 3.48. The predicted molar refractivity (Wildman–Crippen MR) is 120 cm³/mol. The largest absolute Gasteiger partial charge is 0.573 e. The van der Waals surface area contributed by atoms with Crippen LogP contribution >= 0.6 is 0 Å². The molecular formula is C25H32F3NO4. The van der Waals surface area contributed by atoms with Crippen molar-refractivity contribution in [2.24, 2.45) is 11.7 Å². The Hall–Kier alpha value is -2.58. The molecule has 1 aliphatic rings. The molecule has 0 spiro atoms. The van der Waals surface area contributed by atoms with E-state index in [2.05, 4.69) is 29.0 Å². The molecule has 2 aromatic rings. The van der Waals surface area contributed by atoms with Crippen molar-refractivity contribution in [1.82, 2.24) is 0 Å². The highest BCUT2D eigenvalue weighted by molar-refractivity contribution is 5.75. The number of nitrogens with two attached hydrogens (primary N) is 1. The van der Waals surface area contributed by atoms with Crippen molar-refractivity contribution in [2.75, 3.05) is 13.2 Å². The molecule has 1 aliphatic heterocycles. The second kappa shape index (κ2) is 13.2. The summed E-state index contributed by atoms with van der Waals surface area (Å²) < 4.78 is 49.4. The van der Waals surface area contributed by atoms with Crippen LogP contribution in [0.15, 0.2) is 54.6 Å². The molecule has 0 bridgehead atoms. The van der Waals surface area contributed by atoms with Gasteiger partial charge in [-0.3, -0.25) is 4.79 Å². The number of cyclic esters (lactones) is 1. The fourth-order valence-electron chi connectivity index (χ4n) is 3.48. The number of esters is 1. The van der Waals surface area contributed by atoms with Gasteiger partial charge in [-0.05, 0) is 63.1 Å². The number of carbonyl (C=O) groups excluding carboxylic acids is 1. The Morgan fingerprint density at radius 2 is 1.73 bits per heavy atom. The van der Waals surface area contributed by atoms with Crippen molar-refractivity contribution in [2.45, 2.75) is 58.0 Å². The van der Waals surface area contributed by atoms with Crippen LogP contribution in [0.3, 0.4) is 0 Å². The number of alkyl halides is 3. The third kappa shape index (κ3) is 11.2. The third-order valence-corrected chi connectivity index (χ3v) is 5.11. The van der Waals surface area contributed by atoms with Gasteiger partial charge in [0.2, 0.25) is 0 Å². The normalized spacial score (nSPS) is 21.5. The number of carbonyl (C=O) groups is 1. The summed E-state index contributed by atoms with van der Waals surface area (Å²) in [7, 11) is 0. The quantitative estimate of drug-likeness (QED) is 0.612. The molecule has 3 rings (SSSR count). The minimum Gasteiger partial charge on any atom is -0.461 e. The van der Waals surface area contributed by atoms with Crippen LogP contribution in [0.5, 0.6) is 5.75 Å². The second-order valence-electron chi connectivity index (χ2n) is 8.23. The number of aryl methyl sites for hydroxylation is 2. The predicted octanol–water partition coefficient (Wildman–Crippen LogP) is 5.20. The van der Waals surface area contributed by atoms with Gasteiger partial charge in [-0.25, -0.2) is 0 Å². The smallest absolute Gasteiger partial charge is 0.461 e. The molecule has 0 amide bonds. The van der Waals surface area contributed by atoms with Crippen molar-refractivity contribution >= 4 is 5.97 Å². The van der Waals surface area contributed by atoms with E-state index in [9.17, 15) is 18.0 Å². The summed E-state index contributed by atoms with van der Waals surface area (Å²) in [4.78, 5) is 11.6. The van der Waals surface area contributed by atoms with Gasteiger partial charge >= 0.3 is 12.3 Å². The zero-order chi connectivity index (χ0) is 24.3. The van der Waals surface area contributed by atoms with E-state index in [0.29, 0.717) is 12.5 Å². The molecule has 182 valence electrons. The maximum atomic E-state index is 11.6. The zero-order valence-electron chi connectivity index (χ0n) is 19.0. The minimum atomic E-state index is -4.60. The molecule has 0 saturated carbocycles. The van der Waals surface area contributed by atoms with E-state index in [1.165, 1.54) is 17.7 Å². The Bertz CT molecular complexity index is 828. The monoisotopic (exact) mass is 467 g/mol. The van der Waals surface area contributed by atoms with E-state index in [4.69, 9.17) is 15.2 Å². The highest BCUT2D eigenvalue weighted by atomic mass is 19.4. The summed E-state index contributed by atoms with van der Waals surface area (Å²) in [5.41, 5.74) is 7.96. The highest BCUT2D eigenvalue weighted by Gasteiger charge is 2.30. The van der Waals surface area contributed by atoms with Gasteiger partial charge < -0.3 is 19.9 Å². The first-order chi connectivity index (χ1) is 15.6. The number of halogens is 3. The van der Waals surface area contributed by atoms with Crippen LogP contribution in [-0.2, 0) is 20.7 Å². The molecule has 2 unspecified atom stereocenters. The average molecular weight is 468 g/mol. The van der Waals surface area contributed by atoms with Gasteiger partial charge in [0.1, 0.15) is 11.8 Å². The van der Waals surface area contributed by atoms with Crippen LogP contribution in [0.25, 0.3) is 0 Å². The lowest BCUT2D eigenvalue weighted by Gasteiger charge is -2.19. The Kier molecular flexibility index (Phi) is 10.7. The zero-order valence-corrected chi connectivity index (χ0v) is 19.0. The Labute approximate surface area is 193 Å². The fraction of sp³-hybridized carbons (Fsp3) is 0.480. The molecule has 33 heavy (non-hydrogen) atoms. The van der Waals surface area contributed by atoms with Gasteiger partial charge in [-0.1, -0.05) is 48.0 Å². The topological polar surface area (TPSA) is 70.8 Å². The van der Waals surface area contributed by atoms with E-state index in [-0.39, 0.29) is 24.4 Å². The Morgan fingerprint density at radius 3 is 2.36 bits per heavy atom. The van der Waals surface area contributed by atoms with Gasteiger partial charge in [-0.2, -0.15) is 0 Å². The van der Waals surface area contributed by atoms with Crippen molar-refractivity contribution in [3.05, 3.63) is 65.7 Å². The lowest BCUT2D eigenvalue weighted by atomic mass is 9.95. The summed E-state index contributed by atoms with van der Waals surface area (Å²) >= 11 is 0. The number of benzene rings is 2. The molecule has 1 fully saturated rings. The van der Waals surface area contributed by atoms with Crippen LogP contribution < -0.4 is 10.5 Å². The SMILES string of the molecule is CC1CC(CCCc2ccccc2)COC[C@H](N)C(=O)O1.Cc1ccc(OC(F)(F)F)cc1. The molecule has 1 heterocycles. The van der Waals surface area contributed by atoms with Crippen LogP contribution in [0.1, 0.15) is 37.3 Å². The van der Waals surface area contributed by atoms with Gasteiger partial charge in [-0.15, -0.1) is 13.2 Å². The summed E-state index contributed by atoms with van der Waals surface area (Å²) in [5.74, 6) is -0.123. The van der Waals surface area contributed by atoms with Crippen LogP contribution in [0.4, 0.5) is 13.2 Å². The van der Waals surface area contributed by atoms with Crippen LogP contribution in [0.2, 0.25) is 0 Å². The second-order valence-corrected chi connectivity index (χ2v) is 8.23. The highest BCUT2D eigenvalue weighted by Crippen LogP contribution is 2.22. The van der Waals surface area contributed by atoms with Crippen LogP contribution in [0, 0.1) is 12.8 Å². The van der Waals surface area contributed by atoms with Gasteiger partial charge in [0.05, 0.1) is 12.7 Å². The van der Waals surface area contributed by atoms with Gasteiger partial charge in [0.25, 0.3) is 0 Å². The number of hydrogen-bond acceptors (Lipinski definition) is 5. The molecule has 8 heteroatoms. The van der Waals surface area contributed by atoms with E-state index in [0.717, 1.165) is 31.2 Å². The molecule has 0 aliphatic carbocycles. The van der Waals surface area contributed by atoms with Gasteiger partial charge in [0.15, 0.2) is 0 Å². The molecule has 0 radical (unpaired) electrons. The Balaban J connectivity index is 0.000000273. The summed E-state index contributed by atoms with van der Waals surface area (Å²) in [6, 6.07) is 15.5. The third-order valence-electron chi connectivity index (χ3n) is 5.11. The summed E-state index contributed by atoms with van der Waals surface area (Å²) in [5, 5.41) is 0.